The number of nitrogens with zero attached hydrogens (tertiary/aromatic N) is 5. The molecular weight excluding hydrogens is 575 g/mol. The first-order chi connectivity index (χ1) is 22.0. The van der Waals surface area contributed by atoms with E-state index in [2.05, 4.69) is 25.3 Å². The highest BCUT2D eigenvalue weighted by Crippen LogP contribution is 2.31. The first-order valence-electron chi connectivity index (χ1n) is 15.0. The van der Waals surface area contributed by atoms with Crippen LogP contribution in [0.1, 0.15) is 11.1 Å². The Morgan fingerprint density at radius 3 is 2.73 bits per heavy atom. The molecule has 0 bridgehead atoms. The quantitative estimate of drug-likeness (QED) is 0.226. The van der Waals surface area contributed by atoms with Crippen molar-refractivity contribution in [2.45, 2.75) is 25.2 Å². The Kier molecular flexibility index (Phi) is 8.21. The molecule has 45 heavy (non-hydrogen) atoms. The molecule has 2 unspecified atom stereocenters. The molecule has 5 aromatic rings. The maximum Gasteiger partial charge on any atom is 0.159 e. The number of anilines is 2. The third-order valence-corrected chi connectivity index (χ3v) is 8.23. The van der Waals surface area contributed by atoms with Crippen molar-refractivity contribution in [2.75, 3.05) is 45.3 Å². The fraction of sp³-hybridized carbons (Fsp3) is 0.294. The molecular formula is C34H33FN6O4. The van der Waals surface area contributed by atoms with E-state index in [4.69, 9.17) is 14.2 Å². The van der Waals surface area contributed by atoms with Crippen molar-refractivity contribution in [3.8, 4) is 5.75 Å². The van der Waals surface area contributed by atoms with Gasteiger partial charge in [0.25, 0.3) is 0 Å². The number of carbonyl (C=O) groups excluding carboxylic acids is 1. The number of likely N-dealkylation sites (tertiary alicyclic amines) is 1. The van der Waals surface area contributed by atoms with E-state index in [-0.39, 0.29) is 30.2 Å². The number of ketones is 1. The van der Waals surface area contributed by atoms with Gasteiger partial charge in [0.1, 0.15) is 23.7 Å². The molecule has 2 atom stereocenters. The second-order valence-electron chi connectivity index (χ2n) is 11.3. The average molecular weight is 609 g/mol. The van der Waals surface area contributed by atoms with Crippen molar-refractivity contribution in [2.24, 2.45) is 0 Å². The Bertz CT molecular complexity index is 1880. The smallest absolute Gasteiger partial charge is 0.159 e. The van der Waals surface area contributed by atoms with Crippen molar-refractivity contribution in [1.29, 1.82) is 0 Å². The minimum absolute atomic E-state index is 0.0242. The van der Waals surface area contributed by atoms with E-state index in [1.165, 1.54) is 18.5 Å². The SMILES string of the molecule is COc1cc2ncnc(Nc3ccc4c(cnn4Cc4cccc(F)c4)c3)c2cc1CC(=O)/C=C/CN1CC2OCCOC2C1. The number of ether oxygens (including phenoxy) is 3. The van der Waals surface area contributed by atoms with Crippen LogP contribution in [0.4, 0.5) is 15.9 Å². The van der Waals surface area contributed by atoms with Gasteiger partial charge in [-0.3, -0.25) is 14.4 Å². The topological polar surface area (TPSA) is 104 Å². The van der Waals surface area contributed by atoms with E-state index in [9.17, 15) is 9.18 Å². The van der Waals surface area contributed by atoms with Gasteiger partial charge in [0, 0.05) is 54.1 Å². The summed E-state index contributed by atoms with van der Waals surface area (Å²) in [6.07, 6.45) is 7.23. The van der Waals surface area contributed by atoms with Crippen LogP contribution in [0, 0.1) is 5.82 Å². The molecule has 2 aromatic heterocycles. The molecule has 0 aliphatic carbocycles. The summed E-state index contributed by atoms with van der Waals surface area (Å²) in [5.74, 6) is 0.914. The Morgan fingerprint density at radius 1 is 1.09 bits per heavy atom. The van der Waals surface area contributed by atoms with Crippen molar-refractivity contribution in [3.05, 3.63) is 96.2 Å². The van der Waals surface area contributed by atoms with E-state index in [0.29, 0.717) is 43.4 Å². The van der Waals surface area contributed by atoms with Crippen molar-refractivity contribution in [3.63, 3.8) is 0 Å². The number of methoxy groups -OCH3 is 1. The zero-order valence-corrected chi connectivity index (χ0v) is 24.9. The van der Waals surface area contributed by atoms with Crippen LogP contribution in [-0.4, -0.2) is 82.6 Å². The minimum atomic E-state index is -0.268. The summed E-state index contributed by atoms with van der Waals surface area (Å²) < 4.78 is 32.7. The standard InChI is InChI=1S/C34H33FN6O4/c1-43-31-16-29-28(15-23(31)14-27(42)6-3-9-40-19-32-33(20-40)45-11-10-44-32)34(37-21-36-29)39-26-7-8-30-24(13-26)17-38-41(30)18-22-4-2-5-25(35)12-22/h2-8,12-13,15-17,21,32-33H,9-11,14,18-20H2,1H3,(H,36,37,39)/b6-3+. The number of hydrogen-bond donors (Lipinski definition) is 1. The fourth-order valence-corrected chi connectivity index (χ4v) is 6.06. The molecule has 1 N–H and O–H groups in total. The van der Waals surface area contributed by atoms with E-state index in [0.717, 1.165) is 46.2 Å². The van der Waals surface area contributed by atoms with Gasteiger partial charge in [-0.05, 0) is 48.0 Å². The van der Waals surface area contributed by atoms with Gasteiger partial charge < -0.3 is 19.5 Å². The number of halogens is 1. The lowest BCUT2D eigenvalue weighted by Crippen LogP contribution is -2.36. The first-order valence-corrected chi connectivity index (χ1v) is 15.0. The molecule has 11 heteroatoms. The number of rotatable bonds is 10. The van der Waals surface area contributed by atoms with Gasteiger partial charge in [-0.2, -0.15) is 5.10 Å². The van der Waals surface area contributed by atoms with E-state index >= 15 is 0 Å². The Hall–Kier alpha value is -4.71. The predicted octanol–water partition coefficient (Wildman–Crippen LogP) is 4.69. The molecule has 3 aromatic carbocycles. The molecule has 2 saturated heterocycles. The third kappa shape index (κ3) is 6.41. The molecule has 2 aliphatic heterocycles. The lowest BCUT2D eigenvalue weighted by Gasteiger charge is -2.24. The molecule has 4 heterocycles. The van der Waals surface area contributed by atoms with Gasteiger partial charge in [-0.1, -0.05) is 18.2 Å². The predicted molar refractivity (Wildman–Crippen MR) is 168 cm³/mol. The summed E-state index contributed by atoms with van der Waals surface area (Å²) in [5, 5.41) is 9.62. The maximum absolute atomic E-state index is 13.7. The minimum Gasteiger partial charge on any atom is -0.496 e. The highest BCUT2D eigenvalue weighted by Gasteiger charge is 2.35. The summed E-state index contributed by atoms with van der Waals surface area (Å²) in [6, 6.07) is 16.2. The Labute approximate surface area is 259 Å². The lowest BCUT2D eigenvalue weighted by molar-refractivity contribution is -0.116. The number of carbonyl (C=O) groups is 1. The average Bonchev–Trinajstić information content (AvgIpc) is 3.64. The van der Waals surface area contributed by atoms with Crippen LogP contribution in [-0.2, 0) is 27.2 Å². The van der Waals surface area contributed by atoms with Crippen LogP contribution in [0.5, 0.6) is 5.75 Å². The van der Waals surface area contributed by atoms with Crippen LogP contribution in [0.25, 0.3) is 21.8 Å². The van der Waals surface area contributed by atoms with Crippen molar-refractivity contribution >= 4 is 39.1 Å². The molecule has 2 aliphatic rings. The van der Waals surface area contributed by atoms with Gasteiger partial charge in [-0.15, -0.1) is 0 Å². The second kappa shape index (κ2) is 12.7. The molecule has 7 rings (SSSR count). The fourth-order valence-electron chi connectivity index (χ4n) is 6.06. The summed E-state index contributed by atoms with van der Waals surface area (Å²) in [5.41, 5.74) is 4.03. The number of allylic oxidation sites excluding steroid dienone is 1. The monoisotopic (exact) mass is 608 g/mol. The van der Waals surface area contributed by atoms with Crippen LogP contribution in [0.15, 0.2) is 79.3 Å². The zero-order valence-electron chi connectivity index (χ0n) is 24.9. The normalized spacial score (nSPS) is 18.5. The first kappa shape index (κ1) is 29.0. The Balaban J connectivity index is 1.06. The summed E-state index contributed by atoms with van der Waals surface area (Å²) in [4.78, 5) is 24.2. The Morgan fingerprint density at radius 2 is 1.93 bits per heavy atom. The summed E-state index contributed by atoms with van der Waals surface area (Å²) in [6.45, 7) is 4.02. The zero-order chi connectivity index (χ0) is 30.8. The van der Waals surface area contributed by atoms with Crippen molar-refractivity contribution in [1.82, 2.24) is 24.6 Å². The van der Waals surface area contributed by atoms with Gasteiger partial charge in [0.05, 0.1) is 56.3 Å². The molecule has 0 spiro atoms. The maximum atomic E-state index is 13.7. The van der Waals surface area contributed by atoms with Gasteiger partial charge in [0.15, 0.2) is 5.78 Å². The third-order valence-electron chi connectivity index (χ3n) is 8.23. The van der Waals surface area contributed by atoms with Crippen LogP contribution in [0.3, 0.4) is 0 Å². The van der Waals surface area contributed by atoms with Gasteiger partial charge >= 0.3 is 0 Å². The highest BCUT2D eigenvalue weighted by molar-refractivity contribution is 5.96. The molecule has 230 valence electrons. The molecule has 0 amide bonds. The largest absolute Gasteiger partial charge is 0.496 e. The summed E-state index contributed by atoms with van der Waals surface area (Å²) in [7, 11) is 1.59. The lowest BCUT2D eigenvalue weighted by atomic mass is 10.0. The van der Waals surface area contributed by atoms with Crippen LogP contribution < -0.4 is 10.1 Å². The number of aromatic nitrogens is 4. The number of nitrogens with one attached hydrogen (secondary N) is 1. The van der Waals surface area contributed by atoms with Crippen LogP contribution >= 0.6 is 0 Å². The number of hydrogen-bond acceptors (Lipinski definition) is 9. The molecule has 0 radical (unpaired) electrons. The second-order valence-corrected chi connectivity index (χ2v) is 11.3. The highest BCUT2D eigenvalue weighted by atomic mass is 19.1. The molecule has 0 saturated carbocycles. The van der Waals surface area contributed by atoms with Gasteiger partial charge in [-0.25, -0.2) is 14.4 Å². The summed E-state index contributed by atoms with van der Waals surface area (Å²) >= 11 is 0. The van der Waals surface area contributed by atoms with E-state index in [1.54, 1.807) is 25.4 Å². The van der Waals surface area contributed by atoms with Gasteiger partial charge in [0.2, 0.25) is 0 Å². The van der Waals surface area contributed by atoms with E-state index < -0.39 is 0 Å². The number of benzene rings is 3. The number of fused-ring (bicyclic) bond motifs is 3. The van der Waals surface area contributed by atoms with E-state index in [1.807, 2.05) is 47.2 Å². The van der Waals surface area contributed by atoms with Crippen LogP contribution in [0.2, 0.25) is 0 Å². The molecule has 10 nitrogen and oxygen atoms in total. The molecule has 2 fully saturated rings. The van der Waals surface area contributed by atoms with Crippen molar-refractivity contribution < 1.29 is 23.4 Å².